The van der Waals surface area contributed by atoms with Crippen LogP contribution >= 0.6 is 0 Å². The van der Waals surface area contributed by atoms with Crippen LogP contribution in [-0.2, 0) is 16.4 Å². The molecule has 1 fully saturated rings. The third kappa shape index (κ3) is 3.78. The van der Waals surface area contributed by atoms with Gasteiger partial charge in [-0.15, -0.1) is 0 Å². The number of hydrogen-bond donors (Lipinski definition) is 1. The van der Waals surface area contributed by atoms with Crippen LogP contribution in [-0.4, -0.2) is 37.6 Å². The summed E-state index contributed by atoms with van der Waals surface area (Å²) in [6.45, 7) is 3.14. The van der Waals surface area contributed by atoms with Gasteiger partial charge in [0.05, 0.1) is 5.75 Å². The lowest BCUT2D eigenvalue weighted by atomic mass is 10.0. The van der Waals surface area contributed by atoms with Gasteiger partial charge in [0.2, 0.25) is 10.0 Å². The van der Waals surface area contributed by atoms with Crippen molar-refractivity contribution in [2.24, 2.45) is 11.7 Å². The first-order chi connectivity index (χ1) is 8.99. The molecular weight excluding hydrogens is 260 g/mol. The molecule has 0 aliphatic carbocycles. The minimum Gasteiger partial charge on any atom is -0.328 e. The number of rotatable bonds is 5. The monoisotopic (exact) mass is 282 g/mol. The molecule has 2 atom stereocenters. The molecule has 4 nitrogen and oxygen atoms in total. The van der Waals surface area contributed by atoms with Crippen molar-refractivity contribution in [1.82, 2.24) is 4.31 Å². The molecule has 5 heteroatoms. The summed E-state index contributed by atoms with van der Waals surface area (Å²) in [6.07, 6.45) is 1.45. The molecule has 0 amide bonds. The molecule has 1 aliphatic heterocycles. The molecule has 0 aromatic heterocycles. The smallest absolute Gasteiger partial charge is 0.214 e. The molecule has 19 heavy (non-hydrogen) atoms. The van der Waals surface area contributed by atoms with E-state index in [2.05, 4.69) is 0 Å². The normalized spacial score (nSPS) is 22.5. The molecule has 2 N–H and O–H groups in total. The SMILES string of the molecule is CC(N)C1CCN(S(=O)(=O)CCc2ccccc2)C1. The maximum Gasteiger partial charge on any atom is 0.214 e. The van der Waals surface area contributed by atoms with E-state index in [1.165, 1.54) is 0 Å². The van der Waals surface area contributed by atoms with Crippen LogP contribution in [0.3, 0.4) is 0 Å². The summed E-state index contributed by atoms with van der Waals surface area (Å²) < 4.78 is 26.1. The van der Waals surface area contributed by atoms with Gasteiger partial charge in [0, 0.05) is 19.1 Å². The van der Waals surface area contributed by atoms with Gasteiger partial charge in [0.25, 0.3) is 0 Å². The van der Waals surface area contributed by atoms with Crippen molar-refractivity contribution in [3.05, 3.63) is 35.9 Å². The third-order valence-electron chi connectivity index (χ3n) is 3.82. The van der Waals surface area contributed by atoms with E-state index in [4.69, 9.17) is 5.73 Å². The van der Waals surface area contributed by atoms with Crippen molar-refractivity contribution in [2.45, 2.75) is 25.8 Å². The Morgan fingerprint density at radius 3 is 2.63 bits per heavy atom. The minimum absolute atomic E-state index is 0.0642. The average molecular weight is 282 g/mol. The van der Waals surface area contributed by atoms with E-state index in [-0.39, 0.29) is 11.8 Å². The van der Waals surface area contributed by atoms with E-state index >= 15 is 0 Å². The van der Waals surface area contributed by atoms with Crippen molar-refractivity contribution < 1.29 is 8.42 Å². The van der Waals surface area contributed by atoms with Gasteiger partial charge in [0.1, 0.15) is 0 Å². The highest BCUT2D eigenvalue weighted by Crippen LogP contribution is 2.22. The first kappa shape index (κ1) is 14.5. The van der Waals surface area contributed by atoms with E-state index in [9.17, 15) is 8.42 Å². The highest BCUT2D eigenvalue weighted by Gasteiger charge is 2.32. The first-order valence-electron chi connectivity index (χ1n) is 6.76. The largest absolute Gasteiger partial charge is 0.328 e. The Labute approximate surface area is 115 Å². The summed E-state index contributed by atoms with van der Waals surface area (Å²) in [6, 6.07) is 9.79. The molecule has 2 unspecified atom stereocenters. The van der Waals surface area contributed by atoms with Gasteiger partial charge in [-0.1, -0.05) is 30.3 Å². The summed E-state index contributed by atoms with van der Waals surface area (Å²) in [4.78, 5) is 0. The predicted octanol–water partition coefficient (Wildman–Crippen LogP) is 1.23. The van der Waals surface area contributed by atoms with Crippen LogP contribution in [0.4, 0.5) is 0 Å². The maximum atomic E-state index is 12.3. The Morgan fingerprint density at radius 1 is 1.37 bits per heavy atom. The van der Waals surface area contributed by atoms with Crippen LogP contribution < -0.4 is 5.73 Å². The molecule has 1 aromatic rings. The van der Waals surface area contributed by atoms with Crippen molar-refractivity contribution >= 4 is 10.0 Å². The lowest BCUT2D eigenvalue weighted by molar-refractivity contribution is 0.429. The standard InChI is InChI=1S/C14H22N2O2S/c1-12(15)14-7-9-16(11-14)19(17,18)10-8-13-5-3-2-4-6-13/h2-6,12,14H,7-11,15H2,1H3. The van der Waals surface area contributed by atoms with Crippen molar-refractivity contribution in [3.63, 3.8) is 0 Å². The summed E-state index contributed by atoms with van der Waals surface area (Å²) in [5.74, 6) is 0.481. The molecule has 2 rings (SSSR count). The third-order valence-corrected chi connectivity index (χ3v) is 5.65. The van der Waals surface area contributed by atoms with Gasteiger partial charge in [-0.2, -0.15) is 0 Å². The molecule has 0 spiro atoms. The Bertz CT molecular complexity index is 499. The van der Waals surface area contributed by atoms with E-state index in [0.29, 0.717) is 25.4 Å². The Kier molecular flexibility index (Phi) is 4.60. The Morgan fingerprint density at radius 2 is 2.05 bits per heavy atom. The van der Waals surface area contributed by atoms with Crippen LogP contribution in [0.2, 0.25) is 0 Å². The Balaban J connectivity index is 1.93. The molecule has 1 heterocycles. The molecular formula is C14H22N2O2S. The van der Waals surface area contributed by atoms with Crippen LogP contribution in [0.5, 0.6) is 0 Å². The van der Waals surface area contributed by atoms with Crippen molar-refractivity contribution in [3.8, 4) is 0 Å². The summed E-state index contributed by atoms with van der Waals surface area (Å²) in [5, 5.41) is 0. The number of hydrogen-bond acceptors (Lipinski definition) is 3. The van der Waals surface area contributed by atoms with Crippen LogP contribution in [0.1, 0.15) is 18.9 Å². The molecule has 1 saturated heterocycles. The second-order valence-corrected chi connectivity index (χ2v) is 7.41. The first-order valence-corrected chi connectivity index (χ1v) is 8.37. The lowest BCUT2D eigenvalue weighted by Crippen LogP contribution is -2.34. The zero-order valence-electron chi connectivity index (χ0n) is 11.3. The fraction of sp³-hybridized carbons (Fsp3) is 0.571. The molecule has 0 saturated carbocycles. The second kappa shape index (κ2) is 6.03. The zero-order chi connectivity index (χ0) is 13.9. The van der Waals surface area contributed by atoms with E-state index < -0.39 is 10.0 Å². The fourth-order valence-electron chi connectivity index (χ4n) is 2.46. The summed E-state index contributed by atoms with van der Waals surface area (Å²) in [5.41, 5.74) is 6.91. The molecule has 0 radical (unpaired) electrons. The van der Waals surface area contributed by atoms with E-state index in [1.54, 1.807) is 4.31 Å². The van der Waals surface area contributed by atoms with Crippen LogP contribution in [0.25, 0.3) is 0 Å². The number of aryl methyl sites for hydroxylation is 1. The van der Waals surface area contributed by atoms with E-state index in [1.807, 2.05) is 37.3 Å². The molecule has 1 aliphatic rings. The highest BCUT2D eigenvalue weighted by atomic mass is 32.2. The van der Waals surface area contributed by atoms with Gasteiger partial charge in [-0.25, -0.2) is 12.7 Å². The van der Waals surface area contributed by atoms with Crippen molar-refractivity contribution in [2.75, 3.05) is 18.8 Å². The van der Waals surface area contributed by atoms with Gasteiger partial charge in [-0.3, -0.25) is 0 Å². The predicted molar refractivity (Wildman–Crippen MR) is 77.3 cm³/mol. The summed E-state index contributed by atoms with van der Waals surface area (Å²) >= 11 is 0. The van der Waals surface area contributed by atoms with E-state index in [0.717, 1.165) is 12.0 Å². The van der Waals surface area contributed by atoms with Crippen molar-refractivity contribution in [1.29, 1.82) is 0 Å². The van der Waals surface area contributed by atoms with Gasteiger partial charge in [-0.05, 0) is 31.2 Å². The minimum atomic E-state index is -3.15. The second-order valence-electron chi connectivity index (χ2n) is 5.32. The number of sulfonamides is 1. The van der Waals surface area contributed by atoms with Gasteiger partial charge < -0.3 is 5.73 Å². The van der Waals surface area contributed by atoms with Gasteiger partial charge in [0.15, 0.2) is 0 Å². The van der Waals surface area contributed by atoms with Crippen LogP contribution in [0, 0.1) is 5.92 Å². The quantitative estimate of drug-likeness (QED) is 0.883. The fourth-order valence-corrected chi connectivity index (χ4v) is 4.01. The molecule has 1 aromatic carbocycles. The number of benzene rings is 1. The van der Waals surface area contributed by atoms with Gasteiger partial charge >= 0.3 is 0 Å². The zero-order valence-corrected chi connectivity index (χ0v) is 12.1. The number of nitrogens with two attached hydrogens (primary N) is 1. The summed E-state index contributed by atoms with van der Waals surface area (Å²) in [7, 11) is -3.15. The van der Waals surface area contributed by atoms with Crippen LogP contribution in [0.15, 0.2) is 30.3 Å². The average Bonchev–Trinajstić information content (AvgIpc) is 2.88. The Hall–Kier alpha value is -0.910. The maximum absolute atomic E-state index is 12.3. The topological polar surface area (TPSA) is 63.4 Å². The highest BCUT2D eigenvalue weighted by molar-refractivity contribution is 7.89. The molecule has 0 bridgehead atoms. The molecule has 106 valence electrons. The number of nitrogens with zero attached hydrogens (tertiary/aromatic N) is 1. The lowest BCUT2D eigenvalue weighted by Gasteiger charge is -2.18.